The second-order valence-corrected chi connectivity index (χ2v) is 6.29. The lowest BCUT2D eigenvalue weighted by molar-refractivity contribution is 0.165. The van der Waals surface area contributed by atoms with Gasteiger partial charge >= 0.3 is 0 Å². The summed E-state index contributed by atoms with van der Waals surface area (Å²) < 4.78 is 1.21. The Morgan fingerprint density at radius 2 is 1.36 bits per heavy atom. The molecule has 1 rings (SSSR count). The van der Waals surface area contributed by atoms with E-state index >= 15 is 0 Å². The predicted molar refractivity (Wildman–Crippen MR) is 91.8 cm³/mol. The van der Waals surface area contributed by atoms with E-state index in [1.165, 1.54) is 36.8 Å². The van der Waals surface area contributed by atoms with Crippen molar-refractivity contribution in [3.8, 4) is 0 Å². The first kappa shape index (κ1) is 18.8. The SMILES string of the molecule is Cc1c(C)n(O)c(CCCCCCCCCCN)c(C)c1=O. The number of aromatic nitrogens is 1. The van der Waals surface area contributed by atoms with Crippen molar-refractivity contribution in [2.24, 2.45) is 5.73 Å². The quantitative estimate of drug-likeness (QED) is 0.512. The van der Waals surface area contributed by atoms with Crippen LogP contribution in [-0.2, 0) is 6.42 Å². The Bertz CT molecular complexity index is 521. The molecule has 4 nitrogen and oxygen atoms in total. The van der Waals surface area contributed by atoms with Gasteiger partial charge in [0.2, 0.25) is 0 Å². The summed E-state index contributed by atoms with van der Waals surface area (Å²) in [5.74, 6) is 0. The highest BCUT2D eigenvalue weighted by Gasteiger charge is 2.13. The van der Waals surface area contributed by atoms with Crippen molar-refractivity contribution in [1.29, 1.82) is 0 Å². The molecule has 0 saturated carbocycles. The molecule has 0 amide bonds. The summed E-state index contributed by atoms with van der Waals surface area (Å²) in [6.07, 6.45) is 10.4. The minimum absolute atomic E-state index is 0.0673. The lowest BCUT2D eigenvalue weighted by Crippen LogP contribution is -2.21. The average Bonchev–Trinajstić information content (AvgIpc) is 2.52. The van der Waals surface area contributed by atoms with E-state index in [0.29, 0.717) is 16.8 Å². The normalized spacial score (nSPS) is 11.1. The number of rotatable bonds is 10. The topological polar surface area (TPSA) is 68.2 Å². The standard InChI is InChI=1S/C18H32N2O2/c1-14-16(3)20(22)17(15(2)18(14)21)12-10-8-6-4-5-7-9-11-13-19/h22H,4-13,19H2,1-3H3. The van der Waals surface area contributed by atoms with Gasteiger partial charge in [-0.1, -0.05) is 38.5 Å². The molecular weight excluding hydrogens is 276 g/mol. The van der Waals surface area contributed by atoms with E-state index in [-0.39, 0.29) is 5.43 Å². The van der Waals surface area contributed by atoms with E-state index in [2.05, 4.69) is 0 Å². The largest absolute Gasteiger partial charge is 0.428 e. The molecule has 0 aromatic carbocycles. The van der Waals surface area contributed by atoms with Crippen molar-refractivity contribution < 1.29 is 5.21 Å². The first-order chi connectivity index (χ1) is 10.5. The lowest BCUT2D eigenvalue weighted by atomic mass is 10.0. The highest BCUT2D eigenvalue weighted by atomic mass is 16.5. The third-order valence-electron chi connectivity index (χ3n) is 4.60. The summed E-state index contributed by atoms with van der Waals surface area (Å²) >= 11 is 0. The maximum absolute atomic E-state index is 12.1. The lowest BCUT2D eigenvalue weighted by Gasteiger charge is -2.15. The van der Waals surface area contributed by atoms with Crippen molar-refractivity contribution in [3.05, 3.63) is 32.7 Å². The molecule has 0 aliphatic heterocycles. The van der Waals surface area contributed by atoms with Crippen LogP contribution in [0.5, 0.6) is 0 Å². The van der Waals surface area contributed by atoms with Gasteiger partial charge in [-0.15, -0.1) is 0 Å². The summed E-state index contributed by atoms with van der Waals surface area (Å²) in [5, 5.41) is 10.2. The zero-order valence-corrected chi connectivity index (χ0v) is 14.5. The Hall–Kier alpha value is -1.29. The van der Waals surface area contributed by atoms with Crippen molar-refractivity contribution in [1.82, 2.24) is 4.73 Å². The maximum Gasteiger partial charge on any atom is 0.188 e. The van der Waals surface area contributed by atoms with E-state index in [9.17, 15) is 10.0 Å². The second-order valence-electron chi connectivity index (χ2n) is 6.29. The van der Waals surface area contributed by atoms with Crippen LogP contribution in [0.25, 0.3) is 0 Å². The molecule has 0 atom stereocenters. The third-order valence-corrected chi connectivity index (χ3v) is 4.60. The Labute approximate surface area is 134 Å². The van der Waals surface area contributed by atoms with Crippen molar-refractivity contribution >= 4 is 0 Å². The van der Waals surface area contributed by atoms with Gasteiger partial charge in [0.25, 0.3) is 0 Å². The predicted octanol–water partition coefficient (Wildman–Crippen LogP) is 3.63. The van der Waals surface area contributed by atoms with Crippen LogP contribution >= 0.6 is 0 Å². The Balaban J connectivity index is 2.36. The molecule has 1 heterocycles. The fourth-order valence-electron chi connectivity index (χ4n) is 2.89. The van der Waals surface area contributed by atoms with Crippen LogP contribution in [0.3, 0.4) is 0 Å². The molecule has 1 aromatic rings. The van der Waals surface area contributed by atoms with Crippen LogP contribution in [0, 0.1) is 20.8 Å². The summed E-state index contributed by atoms with van der Waals surface area (Å²) in [5.41, 5.74) is 8.30. The van der Waals surface area contributed by atoms with Crippen LogP contribution in [0.15, 0.2) is 4.79 Å². The van der Waals surface area contributed by atoms with Gasteiger partial charge in [-0.05, 0) is 46.6 Å². The molecule has 0 unspecified atom stereocenters. The molecule has 0 aliphatic carbocycles. The Morgan fingerprint density at radius 3 is 1.91 bits per heavy atom. The number of hydrogen-bond acceptors (Lipinski definition) is 3. The van der Waals surface area contributed by atoms with Gasteiger partial charge in [-0.3, -0.25) is 4.79 Å². The van der Waals surface area contributed by atoms with E-state index in [0.717, 1.165) is 37.9 Å². The van der Waals surface area contributed by atoms with Crippen LogP contribution in [-0.4, -0.2) is 16.5 Å². The van der Waals surface area contributed by atoms with Crippen molar-refractivity contribution in [2.75, 3.05) is 6.54 Å². The van der Waals surface area contributed by atoms with Crippen LogP contribution in [0.4, 0.5) is 0 Å². The van der Waals surface area contributed by atoms with Gasteiger partial charge in [-0.25, -0.2) is 0 Å². The van der Waals surface area contributed by atoms with Gasteiger partial charge in [0.1, 0.15) is 0 Å². The molecule has 22 heavy (non-hydrogen) atoms. The van der Waals surface area contributed by atoms with E-state index < -0.39 is 0 Å². The first-order valence-corrected chi connectivity index (χ1v) is 8.61. The zero-order valence-electron chi connectivity index (χ0n) is 14.5. The van der Waals surface area contributed by atoms with Gasteiger partial charge in [-0.2, -0.15) is 4.73 Å². The summed E-state index contributed by atoms with van der Waals surface area (Å²) in [6.45, 7) is 6.18. The van der Waals surface area contributed by atoms with Gasteiger partial charge in [0, 0.05) is 11.1 Å². The molecule has 4 heteroatoms. The molecule has 0 fully saturated rings. The molecule has 0 saturated heterocycles. The number of hydrogen-bond donors (Lipinski definition) is 2. The van der Waals surface area contributed by atoms with E-state index in [1.807, 2.05) is 6.92 Å². The van der Waals surface area contributed by atoms with Gasteiger partial charge in [0.05, 0.1) is 11.4 Å². The van der Waals surface area contributed by atoms with Crippen LogP contribution in [0.1, 0.15) is 73.9 Å². The molecular formula is C18H32N2O2. The minimum Gasteiger partial charge on any atom is -0.428 e. The summed E-state index contributed by atoms with van der Waals surface area (Å²) in [7, 11) is 0. The van der Waals surface area contributed by atoms with Crippen molar-refractivity contribution in [3.63, 3.8) is 0 Å². The fourth-order valence-corrected chi connectivity index (χ4v) is 2.89. The van der Waals surface area contributed by atoms with Crippen LogP contribution < -0.4 is 11.2 Å². The minimum atomic E-state index is 0.0673. The Morgan fingerprint density at radius 1 is 0.864 bits per heavy atom. The molecule has 3 N–H and O–H groups in total. The Kier molecular flexibility index (Phi) is 8.25. The summed E-state index contributed by atoms with van der Waals surface area (Å²) in [6, 6.07) is 0. The smallest absolute Gasteiger partial charge is 0.188 e. The molecule has 0 spiro atoms. The second kappa shape index (κ2) is 9.67. The summed E-state index contributed by atoms with van der Waals surface area (Å²) in [4.78, 5) is 12.1. The zero-order chi connectivity index (χ0) is 16.5. The fraction of sp³-hybridized carbons (Fsp3) is 0.722. The number of nitrogens with two attached hydrogens (primary N) is 1. The number of nitrogens with zero attached hydrogens (tertiary/aromatic N) is 1. The van der Waals surface area contributed by atoms with Crippen molar-refractivity contribution in [2.45, 2.75) is 78.6 Å². The third kappa shape index (κ3) is 5.16. The van der Waals surface area contributed by atoms with E-state index in [4.69, 9.17) is 5.73 Å². The highest BCUT2D eigenvalue weighted by molar-refractivity contribution is 5.29. The average molecular weight is 308 g/mol. The van der Waals surface area contributed by atoms with Gasteiger partial charge < -0.3 is 10.9 Å². The van der Waals surface area contributed by atoms with Crippen LogP contribution in [0.2, 0.25) is 0 Å². The molecule has 0 aliphatic rings. The number of pyridine rings is 1. The molecule has 1 aromatic heterocycles. The molecule has 0 bridgehead atoms. The maximum atomic E-state index is 12.1. The first-order valence-electron chi connectivity index (χ1n) is 8.61. The molecule has 0 radical (unpaired) electrons. The molecule has 126 valence electrons. The number of unbranched alkanes of at least 4 members (excludes halogenated alkanes) is 7. The van der Waals surface area contributed by atoms with Gasteiger partial charge in [0.15, 0.2) is 5.43 Å². The monoisotopic (exact) mass is 308 g/mol. The van der Waals surface area contributed by atoms with E-state index in [1.54, 1.807) is 13.8 Å². The highest BCUT2D eigenvalue weighted by Crippen LogP contribution is 2.14.